The van der Waals surface area contributed by atoms with Gasteiger partial charge in [0.1, 0.15) is 10.3 Å². The number of pyridine rings is 2. The summed E-state index contributed by atoms with van der Waals surface area (Å²) in [5.41, 5.74) is 7.46. The lowest BCUT2D eigenvalue weighted by Crippen LogP contribution is -2.58. The number of anilines is 1. The number of fused-ring (bicyclic) bond motifs is 4. The number of hydroxylamine groups is 1. The molecule has 2 bridgehead atoms. The highest BCUT2D eigenvalue weighted by Crippen LogP contribution is 2.63. The topological polar surface area (TPSA) is 144 Å². The van der Waals surface area contributed by atoms with Crippen LogP contribution in [-0.2, 0) is 11.4 Å². The van der Waals surface area contributed by atoms with Crippen LogP contribution < -0.4 is 10.8 Å². The number of aromatic nitrogens is 5. The normalized spacial score (nSPS) is 23.4. The van der Waals surface area contributed by atoms with Crippen LogP contribution in [0.15, 0.2) is 73.1 Å². The average Bonchev–Trinajstić information content (AvgIpc) is 3.67. The zero-order chi connectivity index (χ0) is 38.0. The summed E-state index contributed by atoms with van der Waals surface area (Å²) >= 11 is 1.31. The van der Waals surface area contributed by atoms with Crippen LogP contribution in [0.25, 0.3) is 43.5 Å². The first-order chi connectivity index (χ1) is 25.7. The van der Waals surface area contributed by atoms with Crippen LogP contribution in [0.2, 0.25) is 0 Å². The van der Waals surface area contributed by atoms with Gasteiger partial charge < -0.3 is 5.11 Å². The van der Waals surface area contributed by atoms with E-state index in [2.05, 4.69) is 53.4 Å². The molecule has 54 heavy (non-hydrogen) atoms. The van der Waals surface area contributed by atoms with E-state index in [0.717, 1.165) is 59.1 Å². The molecule has 0 aliphatic heterocycles. The van der Waals surface area contributed by atoms with Crippen molar-refractivity contribution in [3.8, 4) is 22.4 Å². The Bertz CT molecular complexity index is 2420. The predicted molar refractivity (Wildman–Crippen MR) is 211 cm³/mol. The van der Waals surface area contributed by atoms with E-state index in [4.69, 9.17) is 9.94 Å². The van der Waals surface area contributed by atoms with Crippen molar-refractivity contribution in [3.63, 3.8) is 0 Å². The van der Waals surface area contributed by atoms with E-state index in [1.54, 1.807) is 18.5 Å². The maximum absolute atomic E-state index is 13.5. The van der Waals surface area contributed by atoms with E-state index in [0.29, 0.717) is 39.4 Å². The lowest BCUT2D eigenvalue weighted by atomic mass is 9.48. The highest BCUT2D eigenvalue weighted by Gasteiger charge is 2.58. The number of benzene rings is 2. The third-order valence-electron chi connectivity index (χ3n) is 11.2. The first-order valence-electron chi connectivity index (χ1n) is 18.3. The summed E-state index contributed by atoms with van der Waals surface area (Å²) in [5.74, 6) is -1.43. The molecule has 2 aliphatic carbocycles. The molecule has 12 heteroatoms. The van der Waals surface area contributed by atoms with Gasteiger partial charge in [0.2, 0.25) is 0 Å². The Kier molecular flexibility index (Phi) is 8.70. The van der Waals surface area contributed by atoms with Gasteiger partial charge in [-0.25, -0.2) is 25.2 Å². The summed E-state index contributed by atoms with van der Waals surface area (Å²) in [6, 6.07) is 18.5. The molecule has 278 valence electrons. The number of nitrogens with one attached hydrogen (secondary N) is 2. The molecule has 3 unspecified atom stereocenters. The zero-order valence-corrected chi connectivity index (χ0v) is 32.3. The predicted octanol–water partition coefficient (Wildman–Crippen LogP) is 8.94. The second-order valence-electron chi connectivity index (χ2n) is 16.9. The molecular formula is C42H45N7O4S. The molecule has 0 spiro atoms. The molecule has 2 aliphatic rings. The van der Waals surface area contributed by atoms with E-state index in [9.17, 15) is 14.7 Å². The van der Waals surface area contributed by atoms with Crippen LogP contribution in [0.4, 0.5) is 5.13 Å². The molecule has 4 heterocycles. The Morgan fingerprint density at radius 1 is 0.944 bits per heavy atom. The second kappa shape index (κ2) is 13.1. The van der Waals surface area contributed by atoms with E-state index < -0.39 is 5.97 Å². The van der Waals surface area contributed by atoms with Gasteiger partial charge in [-0.1, -0.05) is 63.3 Å². The Labute approximate surface area is 318 Å². The van der Waals surface area contributed by atoms with Crippen LogP contribution >= 0.6 is 11.3 Å². The number of hydrogen-bond donors (Lipinski definition) is 3. The van der Waals surface area contributed by atoms with E-state index in [-0.39, 0.29) is 33.4 Å². The van der Waals surface area contributed by atoms with Crippen LogP contribution in [-0.4, -0.2) is 54.4 Å². The van der Waals surface area contributed by atoms with Gasteiger partial charge in [0.05, 0.1) is 17.5 Å². The number of amides is 1. The van der Waals surface area contributed by atoms with Crippen LogP contribution in [0.3, 0.4) is 0 Å². The highest BCUT2D eigenvalue weighted by molar-refractivity contribution is 7.22. The van der Waals surface area contributed by atoms with Gasteiger partial charge in [0.25, 0.3) is 5.91 Å². The largest absolute Gasteiger partial charge is 0.476 e. The molecule has 3 atom stereocenters. The van der Waals surface area contributed by atoms with E-state index >= 15 is 0 Å². The summed E-state index contributed by atoms with van der Waals surface area (Å²) in [6.45, 7) is 12.1. The number of nitrogens with zero attached hydrogens (tertiary/aromatic N) is 5. The number of rotatable bonds is 9. The van der Waals surface area contributed by atoms with Crippen LogP contribution in [0, 0.1) is 23.2 Å². The van der Waals surface area contributed by atoms with Crippen molar-refractivity contribution in [2.75, 3.05) is 12.4 Å². The molecule has 4 aromatic heterocycles. The van der Waals surface area contributed by atoms with Gasteiger partial charge in [0, 0.05) is 47.7 Å². The fourth-order valence-electron chi connectivity index (χ4n) is 10.4. The molecule has 3 N–H and O–H groups in total. The molecule has 6 aromatic rings. The number of carbonyl (C=O) groups is 2. The Balaban J connectivity index is 1.08. The number of carbonyl (C=O) groups excluding carboxylic acids is 1. The van der Waals surface area contributed by atoms with Crippen molar-refractivity contribution in [3.05, 3.63) is 90.0 Å². The van der Waals surface area contributed by atoms with E-state index in [1.807, 2.05) is 73.3 Å². The van der Waals surface area contributed by atoms with E-state index in [1.165, 1.54) is 11.3 Å². The quantitative estimate of drug-likeness (QED) is 0.124. The van der Waals surface area contributed by atoms with Crippen molar-refractivity contribution < 1.29 is 19.5 Å². The number of aromatic carboxylic acids is 1. The lowest BCUT2D eigenvalue weighted by Gasteiger charge is -2.60. The van der Waals surface area contributed by atoms with Gasteiger partial charge in [0.15, 0.2) is 10.8 Å². The minimum Gasteiger partial charge on any atom is -0.476 e. The van der Waals surface area contributed by atoms with Gasteiger partial charge in [-0.2, -0.15) is 5.10 Å². The first kappa shape index (κ1) is 36.0. The monoisotopic (exact) mass is 743 g/mol. The SMILES string of the molecule is CNOC12CC(C)(C)CC(C)(CC(C)(Cn3ncc(-c4ccc(-c5ccc6cccc(C(=O)Nc7nc8cccnc8s7)c6c5)nc4C(=O)O)c3C)C1)C2. The van der Waals surface area contributed by atoms with Crippen molar-refractivity contribution in [1.82, 2.24) is 30.2 Å². The van der Waals surface area contributed by atoms with Gasteiger partial charge in [-0.05, 0) is 102 Å². The summed E-state index contributed by atoms with van der Waals surface area (Å²) in [7, 11) is 1.85. The van der Waals surface area contributed by atoms with Gasteiger partial charge in [-0.15, -0.1) is 0 Å². The fourth-order valence-corrected chi connectivity index (χ4v) is 11.2. The minimum atomic E-state index is -1.13. The van der Waals surface area contributed by atoms with Crippen molar-refractivity contribution in [1.29, 1.82) is 0 Å². The molecule has 2 fully saturated rings. The van der Waals surface area contributed by atoms with Crippen molar-refractivity contribution >= 4 is 49.5 Å². The second-order valence-corrected chi connectivity index (χ2v) is 17.9. The highest BCUT2D eigenvalue weighted by atomic mass is 32.1. The smallest absolute Gasteiger partial charge is 0.355 e. The maximum Gasteiger partial charge on any atom is 0.355 e. The standard InChI is InChI=1S/C42H45N7O4S/c1-25-31(18-45-49(25)24-41(5)21-40(4)19-39(2,3)20-42(22-40,23-41)53-43-6)28-14-15-32(46-34(28)37(51)52)27-13-12-26-9-7-10-29(30(26)17-27)35(50)48-38-47-33-11-8-16-44-36(33)54-38/h7-18,43H,19-24H2,1-6H3,(H,51,52)(H,47,48,50). The average molecular weight is 744 g/mol. The minimum absolute atomic E-state index is 0.0553. The Morgan fingerprint density at radius 3 is 2.56 bits per heavy atom. The first-order valence-corrected chi connectivity index (χ1v) is 19.2. The summed E-state index contributed by atoms with van der Waals surface area (Å²) in [4.78, 5) is 46.9. The summed E-state index contributed by atoms with van der Waals surface area (Å²) < 4.78 is 2.03. The molecule has 2 aromatic carbocycles. The summed E-state index contributed by atoms with van der Waals surface area (Å²) in [5, 5.41) is 20.2. The van der Waals surface area contributed by atoms with Gasteiger partial charge >= 0.3 is 5.97 Å². The Hall–Kier alpha value is -5.04. The van der Waals surface area contributed by atoms with Crippen molar-refractivity contribution in [2.24, 2.45) is 16.2 Å². The maximum atomic E-state index is 13.5. The lowest BCUT2D eigenvalue weighted by molar-refractivity contribution is -0.217. The van der Waals surface area contributed by atoms with Crippen molar-refractivity contribution in [2.45, 2.75) is 78.9 Å². The zero-order valence-electron chi connectivity index (χ0n) is 31.5. The molecule has 2 saturated carbocycles. The number of thiazole rings is 1. The number of carboxylic acids is 1. The molecule has 8 rings (SSSR count). The van der Waals surface area contributed by atoms with Crippen LogP contribution in [0.5, 0.6) is 0 Å². The number of carboxylic acid groups (broad SMARTS) is 1. The fraction of sp³-hybridized carbons (Fsp3) is 0.381. The molecule has 0 saturated heterocycles. The number of hydrogen-bond acceptors (Lipinski definition) is 9. The van der Waals surface area contributed by atoms with Gasteiger partial charge in [-0.3, -0.25) is 19.6 Å². The molecule has 11 nitrogen and oxygen atoms in total. The summed E-state index contributed by atoms with van der Waals surface area (Å²) in [6.07, 6.45) is 8.57. The Morgan fingerprint density at radius 2 is 1.78 bits per heavy atom. The molecular weight excluding hydrogens is 699 g/mol. The molecule has 0 radical (unpaired) electrons. The van der Waals surface area contributed by atoms with Crippen LogP contribution in [0.1, 0.15) is 86.3 Å². The third-order valence-corrected chi connectivity index (χ3v) is 12.1. The third kappa shape index (κ3) is 6.67. The molecule has 1 amide bonds.